The number of hydrogen-bond acceptors (Lipinski definition) is 3. The van der Waals surface area contributed by atoms with Crippen LogP contribution in [0, 0.1) is 0 Å². The molecule has 1 aliphatic heterocycles. The van der Waals surface area contributed by atoms with Gasteiger partial charge in [-0.05, 0) is 39.0 Å². The zero-order valence-corrected chi connectivity index (χ0v) is 11.4. The maximum atomic E-state index is 10.4. The Morgan fingerprint density at radius 2 is 1.78 bits per heavy atom. The normalized spacial score (nSPS) is 22.4. The Kier molecular flexibility index (Phi) is 4.75. The molecule has 3 heteroatoms. The van der Waals surface area contributed by atoms with E-state index in [1.807, 2.05) is 30.3 Å². The molecule has 18 heavy (non-hydrogen) atoms. The zero-order chi connectivity index (χ0) is 13.0. The number of hydrogen-bond donors (Lipinski definition) is 1. The fourth-order valence-electron chi connectivity index (χ4n) is 2.60. The van der Waals surface area contributed by atoms with Crippen molar-refractivity contribution >= 4 is 0 Å². The van der Waals surface area contributed by atoms with Crippen LogP contribution in [-0.2, 0) is 0 Å². The first-order valence-corrected chi connectivity index (χ1v) is 6.84. The van der Waals surface area contributed by atoms with Crippen molar-refractivity contribution in [3.8, 4) is 0 Å². The monoisotopic (exact) mass is 248 g/mol. The Labute approximate surface area is 110 Å². The van der Waals surface area contributed by atoms with Crippen LogP contribution in [0.5, 0.6) is 0 Å². The minimum absolute atomic E-state index is 0.180. The van der Waals surface area contributed by atoms with E-state index in [1.165, 1.54) is 6.42 Å². The van der Waals surface area contributed by atoms with E-state index in [9.17, 15) is 5.11 Å². The van der Waals surface area contributed by atoms with Gasteiger partial charge in [-0.1, -0.05) is 30.3 Å². The van der Waals surface area contributed by atoms with Gasteiger partial charge < -0.3 is 10.0 Å². The van der Waals surface area contributed by atoms with Gasteiger partial charge in [0.1, 0.15) is 0 Å². The second-order valence-electron chi connectivity index (χ2n) is 5.29. The lowest BCUT2D eigenvalue weighted by Gasteiger charge is -2.31. The quantitative estimate of drug-likeness (QED) is 0.883. The lowest BCUT2D eigenvalue weighted by Crippen LogP contribution is -2.39. The standard InChI is InChI=1S/C15H24N2O/c1-13(15(18)14-7-4-3-5-8-14)17-10-6-9-16(2)11-12-17/h3-5,7-8,13,15,18H,6,9-12H2,1-2H3. The van der Waals surface area contributed by atoms with Gasteiger partial charge >= 0.3 is 0 Å². The van der Waals surface area contributed by atoms with Gasteiger partial charge in [0.25, 0.3) is 0 Å². The number of nitrogens with zero attached hydrogens (tertiary/aromatic N) is 2. The van der Waals surface area contributed by atoms with Crippen molar-refractivity contribution < 1.29 is 5.11 Å². The van der Waals surface area contributed by atoms with Crippen molar-refractivity contribution in [2.24, 2.45) is 0 Å². The predicted octanol–water partition coefficient (Wildman–Crippen LogP) is 1.75. The highest BCUT2D eigenvalue weighted by molar-refractivity contribution is 5.18. The summed E-state index contributed by atoms with van der Waals surface area (Å²) in [6.07, 6.45) is 0.789. The molecule has 1 aromatic rings. The molecule has 0 aliphatic carbocycles. The smallest absolute Gasteiger partial charge is 0.0942 e. The Morgan fingerprint density at radius 1 is 1.06 bits per heavy atom. The average Bonchev–Trinajstić information content (AvgIpc) is 2.63. The maximum absolute atomic E-state index is 10.4. The molecule has 1 saturated heterocycles. The number of likely N-dealkylation sites (N-methyl/N-ethyl adjacent to an activating group) is 1. The molecule has 1 aromatic carbocycles. The molecule has 0 amide bonds. The molecular weight excluding hydrogens is 224 g/mol. The fraction of sp³-hybridized carbons (Fsp3) is 0.600. The van der Waals surface area contributed by atoms with Crippen molar-refractivity contribution in [1.82, 2.24) is 9.80 Å². The van der Waals surface area contributed by atoms with Crippen LogP contribution >= 0.6 is 0 Å². The van der Waals surface area contributed by atoms with Crippen LogP contribution in [0.1, 0.15) is 25.0 Å². The third-order valence-corrected chi connectivity index (χ3v) is 3.93. The van der Waals surface area contributed by atoms with Crippen molar-refractivity contribution in [2.75, 3.05) is 33.2 Å². The van der Waals surface area contributed by atoms with Gasteiger partial charge in [0.05, 0.1) is 6.10 Å². The summed E-state index contributed by atoms with van der Waals surface area (Å²) in [5.74, 6) is 0. The highest BCUT2D eigenvalue weighted by Gasteiger charge is 2.24. The first-order chi connectivity index (χ1) is 8.68. The van der Waals surface area contributed by atoms with Crippen LogP contribution in [0.25, 0.3) is 0 Å². The lowest BCUT2D eigenvalue weighted by molar-refractivity contribution is 0.0602. The molecule has 2 rings (SSSR count). The molecule has 0 radical (unpaired) electrons. The zero-order valence-electron chi connectivity index (χ0n) is 11.4. The number of rotatable bonds is 3. The molecule has 0 bridgehead atoms. The van der Waals surface area contributed by atoms with Crippen LogP contribution in [0.3, 0.4) is 0 Å². The van der Waals surface area contributed by atoms with E-state index in [-0.39, 0.29) is 6.04 Å². The number of benzene rings is 1. The average molecular weight is 248 g/mol. The minimum Gasteiger partial charge on any atom is -0.387 e. The van der Waals surface area contributed by atoms with E-state index in [1.54, 1.807) is 0 Å². The van der Waals surface area contributed by atoms with Gasteiger partial charge in [0.2, 0.25) is 0 Å². The second kappa shape index (κ2) is 6.32. The summed E-state index contributed by atoms with van der Waals surface area (Å²) in [6, 6.07) is 10.2. The predicted molar refractivity (Wildman–Crippen MR) is 74.6 cm³/mol. The van der Waals surface area contributed by atoms with Crippen molar-refractivity contribution in [2.45, 2.75) is 25.5 Å². The molecule has 3 nitrogen and oxygen atoms in total. The van der Waals surface area contributed by atoms with E-state index < -0.39 is 6.10 Å². The van der Waals surface area contributed by atoms with Gasteiger partial charge in [-0.3, -0.25) is 4.90 Å². The van der Waals surface area contributed by atoms with E-state index in [0.29, 0.717) is 0 Å². The molecule has 2 atom stereocenters. The Bertz CT molecular complexity index is 355. The lowest BCUT2D eigenvalue weighted by atomic mass is 10.0. The first-order valence-electron chi connectivity index (χ1n) is 6.84. The van der Waals surface area contributed by atoms with Crippen LogP contribution in [0.15, 0.2) is 30.3 Å². The summed E-state index contributed by atoms with van der Waals surface area (Å²) < 4.78 is 0. The van der Waals surface area contributed by atoms with Gasteiger partial charge in [-0.2, -0.15) is 0 Å². The Morgan fingerprint density at radius 3 is 2.50 bits per heavy atom. The Hall–Kier alpha value is -0.900. The van der Waals surface area contributed by atoms with Gasteiger partial charge in [-0.15, -0.1) is 0 Å². The van der Waals surface area contributed by atoms with Gasteiger partial charge in [0.15, 0.2) is 0 Å². The molecule has 0 spiro atoms. The van der Waals surface area contributed by atoms with Gasteiger partial charge in [-0.25, -0.2) is 0 Å². The second-order valence-corrected chi connectivity index (χ2v) is 5.29. The number of aliphatic hydroxyl groups is 1. The molecule has 1 heterocycles. The van der Waals surface area contributed by atoms with Crippen molar-refractivity contribution in [3.05, 3.63) is 35.9 Å². The van der Waals surface area contributed by atoms with E-state index >= 15 is 0 Å². The highest BCUT2D eigenvalue weighted by Crippen LogP contribution is 2.21. The summed E-state index contributed by atoms with van der Waals surface area (Å²) in [5, 5.41) is 10.4. The fourth-order valence-corrected chi connectivity index (χ4v) is 2.60. The third-order valence-electron chi connectivity index (χ3n) is 3.93. The SMILES string of the molecule is CC(C(O)c1ccccc1)N1CCCN(C)CC1. The summed E-state index contributed by atoms with van der Waals surface area (Å²) in [7, 11) is 2.17. The molecule has 0 aromatic heterocycles. The minimum atomic E-state index is -0.394. The molecule has 1 fully saturated rings. The van der Waals surface area contributed by atoms with Gasteiger partial charge in [0, 0.05) is 19.1 Å². The molecule has 0 saturated carbocycles. The van der Waals surface area contributed by atoms with E-state index in [0.717, 1.165) is 31.7 Å². The highest BCUT2D eigenvalue weighted by atomic mass is 16.3. The molecule has 1 N–H and O–H groups in total. The van der Waals surface area contributed by atoms with Crippen LogP contribution in [0.2, 0.25) is 0 Å². The van der Waals surface area contributed by atoms with Crippen molar-refractivity contribution in [1.29, 1.82) is 0 Å². The Balaban J connectivity index is 1.99. The summed E-state index contributed by atoms with van der Waals surface area (Å²) in [4.78, 5) is 4.77. The summed E-state index contributed by atoms with van der Waals surface area (Å²) in [6.45, 7) is 6.50. The summed E-state index contributed by atoms with van der Waals surface area (Å²) >= 11 is 0. The molecule has 1 aliphatic rings. The van der Waals surface area contributed by atoms with Crippen molar-refractivity contribution in [3.63, 3.8) is 0 Å². The first kappa shape index (κ1) is 13.5. The summed E-state index contributed by atoms with van der Waals surface area (Å²) in [5.41, 5.74) is 1.02. The van der Waals surface area contributed by atoms with E-state index in [2.05, 4.69) is 23.8 Å². The van der Waals surface area contributed by atoms with Crippen LogP contribution in [-0.4, -0.2) is 54.2 Å². The van der Waals surface area contributed by atoms with E-state index in [4.69, 9.17) is 0 Å². The third kappa shape index (κ3) is 3.31. The topological polar surface area (TPSA) is 26.7 Å². The number of aliphatic hydroxyl groups excluding tert-OH is 1. The largest absolute Gasteiger partial charge is 0.387 e. The molecular formula is C15H24N2O. The van der Waals surface area contributed by atoms with Crippen LogP contribution in [0.4, 0.5) is 0 Å². The molecule has 2 unspecified atom stereocenters. The maximum Gasteiger partial charge on any atom is 0.0942 e. The van der Waals surface area contributed by atoms with Crippen LogP contribution < -0.4 is 0 Å². The molecule has 100 valence electrons.